The molecule has 3 rings (SSSR count). The second kappa shape index (κ2) is 8.00. The van der Waals surface area contributed by atoms with Crippen LogP contribution in [0.15, 0.2) is 56.7 Å². The fraction of sp³-hybridized carbons (Fsp3) is 0.350. The maximum atomic E-state index is 12.1. The second-order valence-electron chi connectivity index (χ2n) is 7.29. The van der Waals surface area contributed by atoms with Gasteiger partial charge in [0.15, 0.2) is 0 Å². The fourth-order valence-electron chi connectivity index (χ4n) is 2.52. The lowest BCUT2D eigenvalue weighted by Gasteiger charge is -2.18. The molecule has 1 amide bonds. The summed E-state index contributed by atoms with van der Waals surface area (Å²) in [7, 11) is 0. The van der Waals surface area contributed by atoms with Crippen molar-refractivity contribution in [3.63, 3.8) is 0 Å². The Labute approximate surface area is 162 Å². The number of hydrogen-bond acceptors (Lipinski definition) is 6. The zero-order valence-electron chi connectivity index (χ0n) is 15.9. The molecular formula is C20H23N3O3S. The number of furan rings is 1. The van der Waals surface area contributed by atoms with Gasteiger partial charge in [-0.3, -0.25) is 4.79 Å². The van der Waals surface area contributed by atoms with E-state index in [0.29, 0.717) is 16.9 Å². The molecular weight excluding hydrogens is 362 g/mol. The van der Waals surface area contributed by atoms with Gasteiger partial charge >= 0.3 is 0 Å². The number of nitrogens with zero attached hydrogens (tertiary/aromatic N) is 2. The molecule has 0 radical (unpaired) electrons. The molecule has 6 nitrogen and oxygen atoms in total. The molecule has 1 aromatic carbocycles. The normalized spacial score (nSPS) is 12.7. The summed E-state index contributed by atoms with van der Waals surface area (Å²) in [5.74, 6) is 1.22. The first-order chi connectivity index (χ1) is 12.8. The van der Waals surface area contributed by atoms with E-state index in [9.17, 15) is 4.79 Å². The van der Waals surface area contributed by atoms with Gasteiger partial charge in [0.05, 0.1) is 18.1 Å². The molecule has 0 aliphatic carbocycles. The minimum absolute atomic E-state index is 0.0918. The Morgan fingerprint density at radius 2 is 1.93 bits per heavy atom. The van der Waals surface area contributed by atoms with Crippen LogP contribution >= 0.6 is 11.8 Å². The molecule has 142 valence electrons. The number of benzene rings is 1. The number of carbonyl (C=O) groups excluding carboxylic acids is 1. The number of amides is 1. The summed E-state index contributed by atoms with van der Waals surface area (Å²) < 4.78 is 10.9. The lowest BCUT2D eigenvalue weighted by molar-refractivity contribution is -0.119. The molecule has 0 aliphatic heterocycles. The van der Waals surface area contributed by atoms with E-state index in [1.807, 2.05) is 25.1 Å². The average molecular weight is 385 g/mol. The Morgan fingerprint density at radius 1 is 1.19 bits per heavy atom. The van der Waals surface area contributed by atoms with Gasteiger partial charge in [-0.25, -0.2) is 0 Å². The van der Waals surface area contributed by atoms with E-state index < -0.39 is 0 Å². The van der Waals surface area contributed by atoms with Gasteiger partial charge in [0.25, 0.3) is 5.22 Å². The summed E-state index contributed by atoms with van der Waals surface area (Å²) in [5, 5.41) is 11.3. The van der Waals surface area contributed by atoms with E-state index in [0.717, 1.165) is 5.56 Å². The highest BCUT2D eigenvalue weighted by molar-refractivity contribution is 7.99. The van der Waals surface area contributed by atoms with Crippen molar-refractivity contribution in [2.24, 2.45) is 0 Å². The van der Waals surface area contributed by atoms with Crippen LogP contribution in [-0.4, -0.2) is 21.9 Å². The molecule has 0 fully saturated rings. The second-order valence-corrected chi connectivity index (χ2v) is 8.22. The largest absolute Gasteiger partial charge is 0.467 e. The van der Waals surface area contributed by atoms with Gasteiger partial charge in [-0.15, -0.1) is 10.2 Å². The predicted molar refractivity (Wildman–Crippen MR) is 104 cm³/mol. The van der Waals surface area contributed by atoms with Crippen LogP contribution in [0.5, 0.6) is 0 Å². The first-order valence-corrected chi connectivity index (χ1v) is 9.71. The number of aromatic nitrogens is 2. The molecule has 1 N–H and O–H groups in total. The maximum absolute atomic E-state index is 12.1. The third-order valence-corrected chi connectivity index (χ3v) is 4.90. The van der Waals surface area contributed by atoms with Crippen LogP contribution < -0.4 is 5.32 Å². The van der Waals surface area contributed by atoms with E-state index in [-0.39, 0.29) is 23.1 Å². The third-order valence-electron chi connectivity index (χ3n) is 4.08. The van der Waals surface area contributed by atoms with Crippen molar-refractivity contribution in [2.75, 3.05) is 5.75 Å². The Kier molecular flexibility index (Phi) is 5.70. The Hall–Kier alpha value is -2.54. The molecule has 0 saturated carbocycles. The highest BCUT2D eigenvalue weighted by Gasteiger charge is 2.16. The number of thioether (sulfide) groups is 1. The monoisotopic (exact) mass is 385 g/mol. The molecule has 2 aromatic heterocycles. The van der Waals surface area contributed by atoms with E-state index >= 15 is 0 Å². The minimum atomic E-state index is -0.187. The van der Waals surface area contributed by atoms with Gasteiger partial charge in [0, 0.05) is 5.56 Å². The van der Waals surface area contributed by atoms with Gasteiger partial charge < -0.3 is 14.2 Å². The van der Waals surface area contributed by atoms with Crippen molar-refractivity contribution >= 4 is 17.7 Å². The van der Waals surface area contributed by atoms with Crippen LogP contribution in [0, 0.1) is 0 Å². The molecule has 1 atom stereocenters. The molecule has 0 saturated heterocycles. The van der Waals surface area contributed by atoms with Crippen LogP contribution in [0.2, 0.25) is 0 Å². The summed E-state index contributed by atoms with van der Waals surface area (Å²) in [4.78, 5) is 12.1. The van der Waals surface area contributed by atoms with Crippen LogP contribution in [-0.2, 0) is 10.2 Å². The summed E-state index contributed by atoms with van der Waals surface area (Å²) in [5.41, 5.74) is 2.19. The highest BCUT2D eigenvalue weighted by atomic mass is 32.2. The molecule has 27 heavy (non-hydrogen) atoms. The highest BCUT2D eigenvalue weighted by Crippen LogP contribution is 2.27. The maximum Gasteiger partial charge on any atom is 0.277 e. The fourth-order valence-corrected chi connectivity index (χ4v) is 3.09. The number of rotatable bonds is 6. The van der Waals surface area contributed by atoms with E-state index in [1.165, 1.54) is 17.3 Å². The Bertz CT molecular complexity index is 880. The molecule has 0 spiro atoms. The van der Waals surface area contributed by atoms with E-state index in [2.05, 4.69) is 48.4 Å². The van der Waals surface area contributed by atoms with Crippen molar-refractivity contribution in [1.29, 1.82) is 0 Å². The average Bonchev–Trinajstić information content (AvgIpc) is 3.31. The lowest BCUT2D eigenvalue weighted by Crippen LogP contribution is -2.27. The SMILES string of the molecule is C[C@H](NC(=O)CSc1nnc(-c2ccc(C(C)(C)C)cc2)o1)c1ccco1. The first kappa shape index (κ1) is 19.2. The standard InChI is InChI=1S/C20H23N3O3S/c1-13(16-6-5-11-25-16)21-17(24)12-27-19-23-22-18(26-19)14-7-9-15(10-8-14)20(2,3)4/h5-11,13H,12H2,1-4H3,(H,21,24)/t13-/m0/s1. The summed E-state index contributed by atoms with van der Waals surface area (Å²) in [6.07, 6.45) is 1.58. The van der Waals surface area contributed by atoms with Crippen LogP contribution in [0.3, 0.4) is 0 Å². The molecule has 7 heteroatoms. The molecule has 0 unspecified atom stereocenters. The van der Waals surface area contributed by atoms with Crippen molar-refractivity contribution < 1.29 is 13.6 Å². The zero-order valence-corrected chi connectivity index (χ0v) is 16.7. The lowest BCUT2D eigenvalue weighted by atomic mass is 9.87. The van der Waals surface area contributed by atoms with Gasteiger partial charge in [0.1, 0.15) is 5.76 Å². The van der Waals surface area contributed by atoms with E-state index in [1.54, 1.807) is 12.3 Å². The summed E-state index contributed by atoms with van der Waals surface area (Å²) in [6.45, 7) is 8.37. The minimum Gasteiger partial charge on any atom is -0.467 e. The van der Waals surface area contributed by atoms with Gasteiger partial charge in [-0.05, 0) is 42.2 Å². The third kappa shape index (κ3) is 5.01. The van der Waals surface area contributed by atoms with Crippen molar-refractivity contribution in [3.8, 4) is 11.5 Å². The van der Waals surface area contributed by atoms with Crippen molar-refractivity contribution in [1.82, 2.24) is 15.5 Å². The number of nitrogens with one attached hydrogen (secondary N) is 1. The first-order valence-electron chi connectivity index (χ1n) is 8.73. The van der Waals surface area contributed by atoms with Crippen molar-refractivity contribution in [3.05, 3.63) is 54.0 Å². The molecule has 0 aliphatic rings. The van der Waals surface area contributed by atoms with Crippen molar-refractivity contribution in [2.45, 2.75) is 44.4 Å². The summed E-state index contributed by atoms with van der Waals surface area (Å²) >= 11 is 1.21. The smallest absolute Gasteiger partial charge is 0.277 e. The van der Waals surface area contributed by atoms with Gasteiger partial charge in [-0.2, -0.15) is 0 Å². The molecule has 0 bridgehead atoms. The zero-order chi connectivity index (χ0) is 19.4. The Morgan fingerprint density at radius 3 is 2.56 bits per heavy atom. The Balaban J connectivity index is 1.55. The topological polar surface area (TPSA) is 81.2 Å². The number of carbonyl (C=O) groups is 1. The predicted octanol–water partition coefficient (Wildman–Crippen LogP) is 4.60. The van der Waals surface area contributed by atoms with Crippen LogP contribution in [0.25, 0.3) is 11.5 Å². The van der Waals surface area contributed by atoms with E-state index in [4.69, 9.17) is 8.83 Å². The van der Waals surface area contributed by atoms with Crippen LogP contribution in [0.1, 0.15) is 45.1 Å². The molecule has 2 heterocycles. The number of hydrogen-bond donors (Lipinski definition) is 1. The quantitative estimate of drug-likeness (QED) is 0.625. The molecule has 3 aromatic rings. The summed E-state index contributed by atoms with van der Waals surface area (Å²) in [6, 6.07) is 11.5. The van der Waals surface area contributed by atoms with Gasteiger partial charge in [-0.1, -0.05) is 44.7 Å². The van der Waals surface area contributed by atoms with Gasteiger partial charge in [0.2, 0.25) is 11.8 Å². The van der Waals surface area contributed by atoms with Crippen LogP contribution in [0.4, 0.5) is 0 Å².